The number of hydrogen-bond acceptors (Lipinski definition) is 9. The standard InChI is InChI=1S/C29H43N5O7/c1-29(2,3)41-27(37)30-14-8-7-12-21(24(35)26-33-20-11-5-6-13-23(20)40-26)32-25(36)22-17-19(18-31-22)39-28(38)34-15-9-4-10-16-34/h5-6,11,13,19,21-22,24,31,35H,4,7-10,12,14-18H2,1-3H3,(H,30,37)(H,32,36)/t19-,21+,22+,24?/m1/s1. The Kier molecular flexibility index (Phi) is 10.4. The van der Waals surface area contributed by atoms with Crippen LogP contribution in [0.1, 0.15) is 77.7 Å². The highest BCUT2D eigenvalue weighted by Gasteiger charge is 2.35. The molecule has 41 heavy (non-hydrogen) atoms. The van der Waals surface area contributed by atoms with Gasteiger partial charge in [-0.25, -0.2) is 14.6 Å². The summed E-state index contributed by atoms with van der Waals surface area (Å²) >= 11 is 0. The lowest BCUT2D eigenvalue weighted by atomic mass is 10.0. The van der Waals surface area contributed by atoms with Gasteiger partial charge < -0.3 is 39.8 Å². The lowest BCUT2D eigenvalue weighted by molar-refractivity contribution is -0.124. The van der Waals surface area contributed by atoms with Crippen LogP contribution in [0.3, 0.4) is 0 Å². The van der Waals surface area contributed by atoms with Gasteiger partial charge in [0.2, 0.25) is 11.8 Å². The van der Waals surface area contributed by atoms with Crippen LogP contribution < -0.4 is 16.0 Å². The zero-order valence-electron chi connectivity index (χ0n) is 24.2. The molecule has 2 saturated heterocycles. The Balaban J connectivity index is 1.32. The zero-order chi connectivity index (χ0) is 29.4. The molecule has 0 bridgehead atoms. The summed E-state index contributed by atoms with van der Waals surface area (Å²) in [5, 5.41) is 20.0. The number of nitrogens with zero attached hydrogens (tertiary/aromatic N) is 2. The van der Waals surface area contributed by atoms with Crippen molar-refractivity contribution in [3.8, 4) is 0 Å². The molecule has 4 rings (SSSR count). The fourth-order valence-corrected chi connectivity index (χ4v) is 5.06. The van der Waals surface area contributed by atoms with Gasteiger partial charge in [-0.2, -0.15) is 0 Å². The van der Waals surface area contributed by atoms with Gasteiger partial charge in [-0.1, -0.05) is 12.1 Å². The molecule has 3 amide bonds. The number of aliphatic hydroxyl groups excluding tert-OH is 1. The number of carbonyl (C=O) groups is 3. The van der Waals surface area contributed by atoms with Gasteiger partial charge in [-0.3, -0.25) is 4.79 Å². The Labute approximate surface area is 240 Å². The molecule has 0 spiro atoms. The minimum absolute atomic E-state index is 0.121. The minimum atomic E-state index is -1.18. The fraction of sp³-hybridized carbons (Fsp3) is 0.655. The molecule has 1 aromatic heterocycles. The molecular formula is C29H43N5O7. The number of likely N-dealkylation sites (tertiary alicyclic amines) is 1. The largest absolute Gasteiger partial charge is 0.445 e. The summed E-state index contributed by atoms with van der Waals surface area (Å²) < 4.78 is 16.7. The molecule has 4 N–H and O–H groups in total. The van der Waals surface area contributed by atoms with E-state index in [0.29, 0.717) is 63.0 Å². The maximum atomic E-state index is 13.2. The second kappa shape index (κ2) is 14.0. The summed E-state index contributed by atoms with van der Waals surface area (Å²) in [6, 6.07) is 5.95. The average Bonchev–Trinajstić information content (AvgIpc) is 3.58. The molecule has 0 radical (unpaired) electrons. The van der Waals surface area contributed by atoms with Crippen LogP contribution in [0, 0.1) is 0 Å². The van der Waals surface area contributed by atoms with Gasteiger partial charge in [0, 0.05) is 32.6 Å². The van der Waals surface area contributed by atoms with Gasteiger partial charge >= 0.3 is 12.2 Å². The van der Waals surface area contributed by atoms with Crippen LogP contribution in [0.4, 0.5) is 9.59 Å². The normalized spacial score (nSPS) is 20.8. The number of ether oxygens (including phenoxy) is 2. The van der Waals surface area contributed by atoms with E-state index in [4.69, 9.17) is 13.9 Å². The number of amides is 3. The van der Waals surface area contributed by atoms with E-state index in [1.165, 1.54) is 0 Å². The van der Waals surface area contributed by atoms with Crippen LogP contribution in [0.5, 0.6) is 0 Å². The Bertz CT molecular complexity index is 1140. The number of oxazole rings is 1. The van der Waals surface area contributed by atoms with Crippen LogP contribution in [0.25, 0.3) is 11.1 Å². The van der Waals surface area contributed by atoms with Gasteiger partial charge in [0.1, 0.15) is 17.2 Å². The first-order chi connectivity index (χ1) is 19.6. The third-order valence-corrected chi connectivity index (χ3v) is 7.17. The molecule has 2 aliphatic rings. The van der Waals surface area contributed by atoms with E-state index >= 15 is 0 Å². The SMILES string of the molecule is CC(C)(C)OC(=O)NCCCC[C@H](NC(=O)[C@@H]1C[C@@H](OC(=O)N2CCCCC2)CN1)C(O)c1nc2ccccc2o1. The molecule has 1 unspecified atom stereocenters. The maximum absolute atomic E-state index is 13.2. The summed E-state index contributed by atoms with van der Waals surface area (Å²) in [7, 11) is 0. The van der Waals surface area contributed by atoms with Crippen LogP contribution in [-0.4, -0.2) is 83.1 Å². The van der Waals surface area contributed by atoms with Crippen molar-refractivity contribution in [3.63, 3.8) is 0 Å². The number of para-hydroxylation sites is 2. The van der Waals surface area contributed by atoms with Gasteiger partial charge in [0.05, 0.1) is 12.1 Å². The number of fused-ring (bicyclic) bond motifs is 1. The molecule has 1 aromatic carbocycles. The number of carbonyl (C=O) groups excluding carboxylic acids is 3. The fourth-order valence-electron chi connectivity index (χ4n) is 5.06. The quantitative estimate of drug-likeness (QED) is 0.313. The number of hydrogen-bond donors (Lipinski definition) is 4. The van der Waals surface area contributed by atoms with Crippen LogP contribution >= 0.6 is 0 Å². The predicted octanol–water partition coefficient (Wildman–Crippen LogP) is 3.39. The Morgan fingerprint density at radius 3 is 2.66 bits per heavy atom. The summed E-state index contributed by atoms with van der Waals surface area (Å²) in [5.41, 5.74) is 0.579. The first kappa shape index (κ1) is 30.6. The molecule has 0 aliphatic carbocycles. The van der Waals surface area contributed by atoms with Crippen molar-refractivity contribution in [2.24, 2.45) is 0 Å². The Hall–Kier alpha value is -3.38. The monoisotopic (exact) mass is 573 g/mol. The maximum Gasteiger partial charge on any atom is 0.410 e. The summed E-state index contributed by atoms with van der Waals surface area (Å²) in [4.78, 5) is 43.8. The van der Waals surface area contributed by atoms with Crippen LogP contribution in [0.15, 0.2) is 28.7 Å². The number of aromatic nitrogens is 1. The summed E-state index contributed by atoms with van der Waals surface area (Å²) in [6.45, 7) is 7.57. The number of unbranched alkanes of at least 4 members (excludes halogenated alkanes) is 1. The van der Waals surface area contributed by atoms with Crippen molar-refractivity contribution in [3.05, 3.63) is 30.2 Å². The van der Waals surface area contributed by atoms with Gasteiger partial charge in [0.25, 0.3) is 0 Å². The second-order valence-corrected chi connectivity index (χ2v) is 11.8. The van der Waals surface area contributed by atoms with E-state index in [1.807, 2.05) is 12.1 Å². The average molecular weight is 574 g/mol. The molecule has 2 fully saturated rings. The molecule has 0 saturated carbocycles. The third kappa shape index (κ3) is 9.06. The molecular weight excluding hydrogens is 530 g/mol. The first-order valence-corrected chi connectivity index (χ1v) is 14.6. The number of alkyl carbamates (subject to hydrolysis) is 1. The molecule has 12 heteroatoms. The number of nitrogens with one attached hydrogen (secondary N) is 3. The van der Waals surface area contributed by atoms with E-state index in [9.17, 15) is 19.5 Å². The summed E-state index contributed by atoms with van der Waals surface area (Å²) in [6.07, 6.45) is 2.64. The van der Waals surface area contributed by atoms with Crippen molar-refractivity contribution in [1.82, 2.24) is 25.8 Å². The number of piperidine rings is 1. The molecule has 12 nitrogen and oxygen atoms in total. The number of aliphatic hydroxyl groups is 1. The van der Waals surface area contributed by atoms with Gasteiger partial charge in [0.15, 0.2) is 11.7 Å². The predicted molar refractivity (Wildman–Crippen MR) is 151 cm³/mol. The second-order valence-electron chi connectivity index (χ2n) is 11.8. The van der Waals surface area contributed by atoms with Crippen molar-refractivity contribution in [1.29, 1.82) is 0 Å². The van der Waals surface area contributed by atoms with E-state index in [2.05, 4.69) is 20.9 Å². The highest BCUT2D eigenvalue weighted by atomic mass is 16.6. The lowest BCUT2D eigenvalue weighted by Crippen LogP contribution is -2.47. The van der Waals surface area contributed by atoms with Crippen molar-refractivity contribution >= 4 is 29.2 Å². The van der Waals surface area contributed by atoms with Crippen molar-refractivity contribution in [2.45, 2.75) is 95.6 Å². The van der Waals surface area contributed by atoms with Crippen molar-refractivity contribution in [2.75, 3.05) is 26.2 Å². The topological polar surface area (TPSA) is 155 Å². The lowest BCUT2D eigenvalue weighted by Gasteiger charge is -2.27. The summed E-state index contributed by atoms with van der Waals surface area (Å²) in [5.74, 6) is -0.176. The number of benzene rings is 1. The van der Waals surface area contributed by atoms with E-state index in [1.54, 1.807) is 37.8 Å². The third-order valence-electron chi connectivity index (χ3n) is 7.17. The molecule has 226 valence electrons. The molecule has 3 heterocycles. The molecule has 2 aliphatic heterocycles. The molecule has 4 atom stereocenters. The number of rotatable bonds is 10. The Morgan fingerprint density at radius 2 is 1.93 bits per heavy atom. The molecule has 2 aromatic rings. The van der Waals surface area contributed by atoms with Crippen LogP contribution in [-0.2, 0) is 14.3 Å². The first-order valence-electron chi connectivity index (χ1n) is 14.6. The Morgan fingerprint density at radius 1 is 1.17 bits per heavy atom. The highest BCUT2D eigenvalue weighted by Crippen LogP contribution is 2.25. The highest BCUT2D eigenvalue weighted by molar-refractivity contribution is 5.82. The van der Waals surface area contributed by atoms with Crippen molar-refractivity contribution < 1.29 is 33.4 Å². The van der Waals surface area contributed by atoms with Gasteiger partial charge in [-0.15, -0.1) is 0 Å². The van der Waals surface area contributed by atoms with Gasteiger partial charge in [-0.05, 0) is 71.4 Å². The van der Waals surface area contributed by atoms with E-state index < -0.39 is 36.0 Å². The van der Waals surface area contributed by atoms with Crippen LogP contribution in [0.2, 0.25) is 0 Å². The zero-order valence-corrected chi connectivity index (χ0v) is 24.2. The minimum Gasteiger partial charge on any atom is -0.445 e. The van der Waals surface area contributed by atoms with E-state index in [0.717, 1.165) is 19.3 Å². The smallest absolute Gasteiger partial charge is 0.410 e. The van der Waals surface area contributed by atoms with E-state index in [-0.39, 0.29) is 17.9 Å².